The molecule has 0 N–H and O–H groups in total. The predicted octanol–water partition coefficient (Wildman–Crippen LogP) is 1.56. The number of allylic oxidation sites excluding steroid dienone is 1. The highest BCUT2D eigenvalue weighted by Crippen LogP contribution is 2.30. The van der Waals surface area contributed by atoms with Gasteiger partial charge < -0.3 is 4.90 Å². The zero-order valence-corrected chi connectivity index (χ0v) is 6.18. The van der Waals surface area contributed by atoms with E-state index < -0.39 is 6.17 Å². The highest BCUT2D eigenvalue weighted by molar-refractivity contribution is 5.15. The number of fused-ring (bicyclic) bond motifs is 1. The van der Waals surface area contributed by atoms with Crippen LogP contribution >= 0.6 is 0 Å². The van der Waals surface area contributed by atoms with Gasteiger partial charge in [-0.1, -0.05) is 13.0 Å². The van der Waals surface area contributed by atoms with E-state index in [1.165, 1.54) is 5.70 Å². The van der Waals surface area contributed by atoms with Crippen molar-refractivity contribution in [3.8, 4) is 0 Å². The van der Waals surface area contributed by atoms with Gasteiger partial charge in [0, 0.05) is 25.2 Å². The fourth-order valence-corrected chi connectivity index (χ4v) is 1.87. The van der Waals surface area contributed by atoms with Crippen LogP contribution in [0.1, 0.15) is 13.3 Å². The average molecular weight is 141 g/mol. The molecule has 1 nitrogen and oxygen atoms in total. The predicted molar refractivity (Wildman–Crippen MR) is 38.3 cm³/mol. The van der Waals surface area contributed by atoms with Gasteiger partial charge >= 0.3 is 0 Å². The number of nitrogens with zero attached hydrogens (tertiary/aromatic N) is 1. The lowest BCUT2D eigenvalue weighted by atomic mass is 10.2. The minimum absolute atomic E-state index is 0.598. The van der Waals surface area contributed by atoms with Crippen molar-refractivity contribution in [1.29, 1.82) is 0 Å². The topological polar surface area (TPSA) is 3.24 Å². The van der Waals surface area contributed by atoms with Gasteiger partial charge in [-0.2, -0.15) is 0 Å². The Balaban J connectivity index is 2.14. The summed E-state index contributed by atoms with van der Waals surface area (Å²) in [5.41, 5.74) is 1.24. The highest BCUT2D eigenvalue weighted by atomic mass is 19.1. The van der Waals surface area contributed by atoms with Gasteiger partial charge in [0.15, 0.2) is 0 Å². The van der Waals surface area contributed by atoms with Crippen LogP contribution in [0.3, 0.4) is 0 Å². The second-order valence-electron chi connectivity index (χ2n) is 3.34. The minimum atomic E-state index is -0.598. The molecule has 10 heavy (non-hydrogen) atoms. The van der Waals surface area contributed by atoms with Crippen LogP contribution in [-0.4, -0.2) is 24.2 Å². The van der Waals surface area contributed by atoms with E-state index in [0.29, 0.717) is 18.9 Å². The molecule has 0 aromatic rings. The van der Waals surface area contributed by atoms with Crippen molar-refractivity contribution in [3.05, 3.63) is 11.8 Å². The maximum Gasteiger partial charge on any atom is 0.123 e. The van der Waals surface area contributed by atoms with Gasteiger partial charge in [0.1, 0.15) is 6.17 Å². The van der Waals surface area contributed by atoms with Crippen molar-refractivity contribution in [1.82, 2.24) is 4.90 Å². The summed E-state index contributed by atoms with van der Waals surface area (Å²) in [6.07, 6.45) is 2.25. The summed E-state index contributed by atoms with van der Waals surface area (Å²) in [7, 11) is 0. The largest absolute Gasteiger partial charge is 0.371 e. The van der Waals surface area contributed by atoms with Gasteiger partial charge in [-0.3, -0.25) is 0 Å². The lowest BCUT2D eigenvalue weighted by molar-refractivity contribution is 0.298. The lowest BCUT2D eigenvalue weighted by Crippen LogP contribution is -2.19. The Hall–Kier alpha value is -0.530. The Bertz CT molecular complexity index is 176. The molecule has 2 heteroatoms. The second-order valence-corrected chi connectivity index (χ2v) is 3.34. The molecule has 2 rings (SSSR count). The molecule has 0 amide bonds. The molecule has 2 aliphatic rings. The molecule has 2 atom stereocenters. The molecular weight excluding hydrogens is 129 g/mol. The summed E-state index contributed by atoms with van der Waals surface area (Å²) in [6.45, 7) is 3.85. The van der Waals surface area contributed by atoms with E-state index in [-0.39, 0.29) is 0 Å². The maximum absolute atomic E-state index is 12.7. The molecule has 2 unspecified atom stereocenters. The van der Waals surface area contributed by atoms with E-state index in [2.05, 4.69) is 17.9 Å². The first kappa shape index (κ1) is 6.20. The summed E-state index contributed by atoms with van der Waals surface area (Å²) < 4.78 is 12.7. The van der Waals surface area contributed by atoms with Crippen molar-refractivity contribution < 1.29 is 4.39 Å². The van der Waals surface area contributed by atoms with E-state index in [9.17, 15) is 4.39 Å². The molecule has 0 aliphatic carbocycles. The lowest BCUT2D eigenvalue weighted by Gasteiger charge is -2.13. The van der Waals surface area contributed by atoms with E-state index in [1.54, 1.807) is 0 Å². The van der Waals surface area contributed by atoms with E-state index >= 15 is 0 Å². The van der Waals surface area contributed by atoms with Crippen molar-refractivity contribution >= 4 is 0 Å². The van der Waals surface area contributed by atoms with Crippen molar-refractivity contribution in [2.24, 2.45) is 5.92 Å². The smallest absolute Gasteiger partial charge is 0.123 e. The molecule has 56 valence electrons. The van der Waals surface area contributed by atoms with Crippen LogP contribution in [0.15, 0.2) is 11.8 Å². The average Bonchev–Trinajstić information content (AvgIpc) is 2.21. The number of halogens is 1. The number of rotatable bonds is 0. The first-order chi connectivity index (χ1) is 4.75. The zero-order chi connectivity index (χ0) is 7.14. The van der Waals surface area contributed by atoms with Gasteiger partial charge in [-0.15, -0.1) is 0 Å². The van der Waals surface area contributed by atoms with Crippen LogP contribution < -0.4 is 0 Å². The van der Waals surface area contributed by atoms with Crippen LogP contribution in [0.5, 0.6) is 0 Å². The van der Waals surface area contributed by atoms with Crippen LogP contribution in [-0.2, 0) is 0 Å². The minimum Gasteiger partial charge on any atom is -0.371 e. The number of alkyl halides is 1. The highest BCUT2D eigenvalue weighted by Gasteiger charge is 2.30. The third kappa shape index (κ3) is 0.825. The molecule has 0 spiro atoms. The summed E-state index contributed by atoms with van der Waals surface area (Å²) in [5.74, 6) is 0.641. The molecular formula is C8H12FN. The molecule has 0 saturated carbocycles. The molecule has 0 bridgehead atoms. The van der Waals surface area contributed by atoms with Crippen LogP contribution in [0, 0.1) is 5.92 Å². The normalized spacial score (nSPS) is 38.2. The fraction of sp³-hybridized carbons (Fsp3) is 0.750. The van der Waals surface area contributed by atoms with Crippen molar-refractivity contribution in [3.63, 3.8) is 0 Å². The van der Waals surface area contributed by atoms with Gasteiger partial charge in [0.05, 0.1) is 0 Å². The van der Waals surface area contributed by atoms with Crippen LogP contribution in [0.25, 0.3) is 0 Å². The molecule has 2 heterocycles. The van der Waals surface area contributed by atoms with E-state index in [1.807, 2.05) is 0 Å². The van der Waals surface area contributed by atoms with Crippen molar-refractivity contribution in [2.45, 2.75) is 19.5 Å². The van der Waals surface area contributed by atoms with E-state index in [0.717, 1.165) is 6.54 Å². The maximum atomic E-state index is 12.7. The van der Waals surface area contributed by atoms with Gasteiger partial charge in [0.2, 0.25) is 0 Å². The molecule has 0 aromatic carbocycles. The van der Waals surface area contributed by atoms with Crippen molar-refractivity contribution in [2.75, 3.05) is 13.1 Å². The van der Waals surface area contributed by atoms with Gasteiger partial charge in [-0.05, 0) is 5.92 Å². The Labute approximate surface area is 60.5 Å². The second kappa shape index (κ2) is 1.97. The standard InChI is InChI=1S/C8H12FN/c1-6-2-8-3-7(9)5-10(8)4-6/h2,6-7H,3-5H2,1H3. The summed E-state index contributed by atoms with van der Waals surface area (Å²) >= 11 is 0. The molecule has 0 radical (unpaired) electrons. The number of hydrogen-bond donors (Lipinski definition) is 0. The quantitative estimate of drug-likeness (QED) is 0.495. The third-order valence-corrected chi connectivity index (χ3v) is 2.24. The Morgan fingerprint density at radius 3 is 3.10 bits per heavy atom. The van der Waals surface area contributed by atoms with E-state index in [4.69, 9.17) is 0 Å². The molecule has 2 aliphatic heterocycles. The summed E-state index contributed by atoms with van der Waals surface area (Å²) in [5, 5.41) is 0. The molecule has 1 fully saturated rings. The monoisotopic (exact) mass is 141 g/mol. The third-order valence-electron chi connectivity index (χ3n) is 2.24. The Kier molecular flexibility index (Phi) is 1.22. The SMILES string of the molecule is CC1C=C2CC(F)CN2C1. The number of hydrogen-bond acceptors (Lipinski definition) is 1. The first-order valence-corrected chi connectivity index (χ1v) is 3.85. The summed E-state index contributed by atoms with van der Waals surface area (Å²) in [6, 6.07) is 0. The van der Waals surface area contributed by atoms with Crippen LogP contribution in [0.4, 0.5) is 4.39 Å². The zero-order valence-electron chi connectivity index (χ0n) is 6.18. The Morgan fingerprint density at radius 2 is 2.40 bits per heavy atom. The van der Waals surface area contributed by atoms with Gasteiger partial charge in [0.25, 0.3) is 0 Å². The fourth-order valence-electron chi connectivity index (χ4n) is 1.87. The summed E-state index contributed by atoms with van der Waals surface area (Å²) in [4.78, 5) is 2.16. The molecule has 1 saturated heterocycles. The Morgan fingerprint density at radius 1 is 1.60 bits per heavy atom. The van der Waals surface area contributed by atoms with Crippen LogP contribution in [0.2, 0.25) is 0 Å². The molecule has 0 aromatic heterocycles. The van der Waals surface area contributed by atoms with Gasteiger partial charge in [-0.25, -0.2) is 4.39 Å². The first-order valence-electron chi connectivity index (χ1n) is 3.85.